The van der Waals surface area contributed by atoms with Crippen molar-refractivity contribution in [2.45, 2.75) is 43.5 Å². The molecule has 1 amide bonds. The van der Waals surface area contributed by atoms with E-state index in [1.807, 2.05) is 0 Å². The molecule has 196 valence electrons. The lowest BCUT2D eigenvalue weighted by Crippen LogP contribution is -2.39. The van der Waals surface area contributed by atoms with E-state index in [0.29, 0.717) is 26.2 Å². The summed E-state index contributed by atoms with van der Waals surface area (Å²) in [7, 11) is 0. The molecule has 0 aliphatic carbocycles. The third-order valence-electron chi connectivity index (χ3n) is 5.61. The van der Waals surface area contributed by atoms with Crippen LogP contribution in [0, 0.1) is 0 Å². The number of carbonyl (C=O) groups excluding carboxylic acids is 2. The molecule has 0 spiro atoms. The zero-order valence-electron chi connectivity index (χ0n) is 19.9. The van der Waals surface area contributed by atoms with E-state index >= 15 is 0 Å². The normalized spacial score (nSPS) is 15.5. The summed E-state index contributed by atoms with van der Waals surface area (Å²) in [6, 6.07) is 7.16. The molecular weight excluding hydrogens is 577 g/mol. The van der Waals surface area contributed by atoms with Gasteiger partial charge >= 0.3 is 12.1 Å². The Morgan fingerprint density at radius 3 is 2.41 bits per heavy atom. The first-order valence-electron chi connectivity index (χ1n) is 11.1. The minimum atomic E-state index is -4.51. The van der Waals surface area contributed by atoms with E-state index in [0.717, 1.165) is 12.1 Å². The molecule has 1 aliphatic rings. The van der Waals surface area contributed by atoms with Crippen LogP contribution in [-0.4, -0.2) is 39.4 Å². The molecule has 2 aromatic carbocycles. The topological polar surface area (TPSA) is 97.6 Å². The van der Waals surface area contributed by atoms with Crippen molar-refractivity contribution in [3.63, 3.8) is 0 Å². The molecule has 0 fully saturated rings. The maximum Gasteiger partial charge on any atom is 0.416 e. The van der Waals surface area contributed by atoms with Crippen LogP contribution in [0.15, 0.2) is 50.6 Å². The third kappa shape index (κ3) is 5.35. The zero-order valence-corrected chi connectivity index (χ0v) is 22.3. The first-order chi connectivity index (χ1) is 17.2. The number of amides is 1. The molecule has 2 N–H and O–H groups in total. The van der Waals surface area contributed by atoms with Crippen molar-refractivity contribution in [1.82, 2.24) is 9.88 Å². The second-order valence-corrected chi connectivity index (χ2v) is 11.3. The molecule has 3 aromatic rings. The molecule has 4 rings (SSSR count). The van der Waals surface area contributed by atoms with Crippen LogP contribution in [-0.2, 0) is 15.7 Å². The number of alkyl halides is 3. The number of thioether (sulfide) groups is 1. The zero-order chi connectivity index (χ0) is 27.3. The Balaban J connectivity index is 1.83. The van der Waals surface area contributed by atoms with Crippen molar-refractivity contribution < 1.29 is 32.6 Å². The van der Waals surface area contributed by atoms with E-state index in [1.165, 1.54) is 28.5 Å². The number of ether oxygens (including phenoxy) is 1. The van der Waals surface area contributed by atoms with Crippen LogP contribution in [0.5, 0.6) is 5.75 Å². The molecule has 7 nitrogen and oxygen atoms in total. The summed E-state index contributed by atoms with van der Waals surface area (Å²) >= 11 is 4.74. The minimum absolute atomic E-state index is 0.198. The number of aromatic hydroxyl groups is 1. The molecule has 37 heavy (non-hydrogen) atoms. The highest BCUT2D eigenvalue weighted by Crippen LogP contribution is 2.44. The van der Waals surface area contributed by atoms with E-state index in [9.17, 15) is 32.7 Å². The summed E-state index contributed by atoms with van der Waals surface area (Å²) in [6.45, 7) is 4.45. The van der Waals surface area contributed by atoms with Crippen LogP contribution in [0.1, 0.15) is 48.3 Å². The van der Waals surface area contributed by atoms with Gasteiger partial charge in [-0.3, -0.25) is 19.0 Å². The molecule has 0 radical (unpaired) electrons. The number of rotatable bonds is 4. The summed E-state index contributed by atoms with van der Waals surface area (Å²) in [5.74, 6) is -1.98. The standard InChI is InChI=1S/C25H22BrF3N2O5S/c1-24(2,3)36-17(32)10-30-22(34)19-21(33)18-14(26)8-9-16-20(18)31(23(19)35)15(11-37-16)12-4-6-13(7-5-12)25(27,28)29/h4-9,15,33H,10-11H2,1-3H3,(H,30,34). The van der Waals surface area contributed by atoms with Gasteiger partial charge in [-0.1, -0.05) is 12.1 Å². The maximum atomic E-state index is 13.7. The molecule has 0 saturated carbocycles. The number of nitrogens with one attached hydrogen (secondary N) is 1. The van der Waals surface area contributed by atoms with Gasteiger partial charge in [0.1, 0.15) is 23.5 Å². The van der Waals surface area contributed by atoms with E-state index in [-0.39, 0.29) is 5.39 Å². The van der Waals surface area contributed by atoms with E-state index < -0.39 is 58.7 Å². The van der Waals surface area contributed by atoms with Gasteiger partial charge in [-0.05, 0) is 66.5 Å². The van der Waals surface area contributed by atoms with Gasteiger partial charge in [0, 0.05) is 15.1 Å². The van der Waals surface area contributed by atoms with Crippen LogP contribution in [0.25, 0.3) is 10.9 Å². The molecule has 12 heteroatoms. The van der Waals surface area contributed by atoms with Gasteiger partial charge in [0.15, 0.2) is 0 Å². The number of aromatic nitrogens is 1. The third-order valence-corrected chi connectivity index (χ3v) is 7.39. The molecule has 1 aromatic heterocycles. The summed E-state index contributed by atoms with van der Waals surface area (Å²) in [4.78, 5) is 39.5. The summed E-state index contributed by atoms with van der Waals surface area (Å²) in [5, 5.41) is 13.5. The molecule has 1 aliphatic heterocycles. The molecule has 2 heterocycles. The molecule has 0 saturated heterocycles. The lowest BCUT2D eigenvalue weighted by Gasteiger charge is -2.29. The molecule has 1 unspecified atom stereocenters. The fraction of sp³-hybridized carbons (Fsp3) is 0.320. The Morgan fingerprint density at radius 1 is 1.16 bits per heavy atom. The predicted octanol–water partition coefficient (Wildman–Crippen LogP) is 5.26. The van der Waals surface area contributed by atoms with Gasteiger partial charge in [-0.25, -0.2) is 0 Å². The summed E-state index contributed by atoms with van der Waals surface area (Å²) < 4.78 is 46.2. The Hall–Kier alpha value is -2.99. The number of esters is 1. The van der Waals surface area contributed by atoms with Crippen molar-refractivity contribution in [2.24, 2.45) is 0 Å². The van der Waals surface area contributed by atoms with Crippen molar-refractivity contribution >= 4 is 50.5 Å². The van der Waals surface area contributed by atoms with Gasteiger partial charge in [0.25, 0.3) is 11.5 Å². The highest BCUT2D eigenvalue weighted by molar-refractivity contribution is 9.10. The van der Waals surface area contributed by atoms with Crippen LogP contribution in [0.4, 0.5) is 13.2 Å². The Bertz CT molecular complexity index is 1460. The first kappa shape index (κ1) is 27.1. The van der Waals surface area contributed by atoms with Crippen molar-refractivity contribution in [3.05, 3.63) is 67.9 Å². The number of hydrogen-bond acceptors (Lipinski definition) is 6. The number of benzene rings is 2. The maximum absolute atomic E-state index is 13.7. The van der Waals surface area contributed by atoms with Gasteiger partial charge in [-0.15, -0.1) is 11.8 Å². The number of halogens is 4. The summed E-state index contributed by atoms with van der Waals surface area (Å²) in [6.07, 6.45) is -4.51. The quantitative estimate of drug-likeness (QED) is 0.398. The monoisotopic (exact) mass is 598 g/mol. The van der Waals surface area contributed by atoms with Gasteiger partial charge in [0.2, 0.25) is 0 Å². The second-order valence-electron chi connectivity index (χ2n) is 9.38. The number of nitrogens with zero attached hydrogens (tertiary/aromatic N) is 1. The fourth-order valence-corrected chi connectivity index (χ4v) is 5.77. The summed E-state index contributed by atoms with van der Waals surface area (Å²) in [5.41, 5.74) is -2.26. The van der Waals surface area contributed by atoms with Crippen LogP contribution in [0.2, 0.25) is 0 Å². The number of pyridine rings is 1. The minimum Gasteiger partial charge on any atom is -0.506 e. The van der Waals surface area contributed by atoms with Gasteiger partial charge in [-0.2, -0.15) is 13.2 Å². The second kappa shape index (κ2) is 9.71. The van der Waals surface area contributed by atoms with Crippen LogP contribution in [0.3, 0.4) is 0 Å². The lowest BCUT2D eigenvalue weighted by atomic mass is 10.0. The van der Waals surface area contributed by atoms with Gasteiger partial charge < -0.3 is 15.2 Å². The van der Waals surface area contributed by atoms with Crippen LogP contribution >= 0.6 is 27.7 Å². The van der Waals surface area contributed by atoms with Crippen molar-refractivity contribution in [2.75, 3.05) is 12.3 Å². The average molecular weight is 599 g/mol. The largest absolute Gasteiger partial charge is 0.506 e. The van der Waals surface area contributed by atoms with E-state index in [4.69, 9.17) is 4.74 Å². The van der Waals surface area contributed by atoms with Gasteiger partial charge in [0.05, 0.1) is 22.5 Å². The van der Waals surface area contributed by atoms with E-state index in [1.54, 1.807) is 32.9 Å². The molecular formula is C25H22BrF3N2O5S. The van der Waals surface area contributed by atoms with E-state index in [2.05, 4.69) is 21.2 Å². The molecule has 0 bridgehead atoms. The smallest absolute Gasteiger partial charge is 0.416 e. The predicted molar refractivity (Wildman–Crippen MR) is 136 cm³/mol. The van der Waals surface area contributed by atoms with Crippen molar-refractivity contribution in [1.29, 1.82) is 0 Å². The Kier molecular flexibility index (Phi) is 7.10. The first-order valence-corrected chi connectivity index (χ1v) is 12.9. The lowest BCUT2D eigenvalue weighted by molar-refractivity contribution is -0.153. The number of hydrogen-bond donors (Lipinski definition) is 2. The highest BCUT2D eigenvalue weighted by atomic mass is 79.9. The highest BCUT2D eigenvalue weighted by Gasteiger charge is 2.34. The fourth-order valence-electron chi connectivity index (χ4n) is 4.08. The Morgan fingerprint density at radius 2 is 1.81 bits per heavy atom. The molecule has 1 atom stereocenters. The van der Waals surface area contributed by atoms with Crippen LogP contribution < -0.4 is 10.9 Å². The SMILES string of the molecule is CC(C)(C)OC(=O)CNC(=O)c1c(O)c2c(Br)ccc3c2n(c1=O)C(c1ccc(C(F)(F)F)cc1)CS3. The van der Waals surface area contributed by atoms with Crippen molar-refractivity contribution in [3.8, 4) is 5.75 Å². The average Bonchev–Trinajstić information content (AvgIpc) is 2.79. The Labute approximate surface area is 222 Å². The number of carbonyl (C=O) groups is 2.